The average Bonchev–Trinajstić information content (AvgIpc) is 2.67. The van der Waals surface area contributed by atoms with Crippen molar-refractivity contribution < 1.29 is 9.13 Å². The molecule has 0 aliphatic rings. The fraction of sp³-hybridized carbons (Fsp3) is 0.318. The van der Waals surface area contributed by atoms with Gasteiger partial charge in [-0.25, -0.2) is 4.39 Å². The Kier molecular flexibility index (Phi) is 6.42. The van der Waals surface area contributed by atoms with Crippen molar-refractivity contribution in [3.8, 4) is 5.75 Å². The highest BCUT2D eigenvalue weighted by Gasteiger charge is 2.06. The molecule has 0 bridgehead atoms. The molecule has 0 saturated heterocycles. The number of fused-ring (bicyclic) bond motifs is 1. The van der Waals surface area contributed by atoms with Gasteiger partial charge in [-0.3, -0.25) is 4.98 Å². The molecule has 1 heterocycles. The van der Waals surface area contributed by atoms with Gasteiger partial charge in [0.1, 0.15) is 0 Å². The van der Waals surface area contributed by atoms with Gasteiger partial charge in [-0.15, -0.1) is 0 Å². The predicted octanol–water partition coefficient (Wildman–Crippen LogP) is 5.95. The van der Waals surface area contributed by atoms with E-state index in [0.717, 1.165) is 35.0 Å². The third-order valence-corrected chi connectivity index (χ3v) is 4.38. The van der Waals surface area contributed by atoms with Gasteiger partial charge in [0.15, 0.2) is 11.6 Å². The zero-order valence-corrected chi connectivity index (χ0v) is 15.2. The second-order valence-electron chi connectivity index (χ2n) is 6.40. The Hall–Kier alpha value is -2.62. The molecule has 0 saturated carbocycles. The molecule has 0 radical (unpaired) electrons. The smallest absolute Gasteiger partial charge is 0.165 e. The SMILES string of the molecule is CCCCCCOc1ccc(CNc2ccnc3ccccc23)cc1F. The van der Waals surface area contributed by atoms with E-state index < -0.39 is 0 Å². The number of anilines is 1. The number of benzene rings is 2. The first kappa shape index (κ1) is 18.2. The van der Waals surface area contributed by atoms with Gasteiger partial charge < -0.3 is 10.1 Å². The molecule has 3 aromatic rings. The molecule has 3 rings (SSSR count). The van der Waals surface area contributed by atoms with Gasteiger partial charge in [0.2, 0.25) is 0 Å². The largest absolute Gasteiger partial charge is 0.491 e. The summed E-state index contributed by atoms with van der Waals surface area (Å²) >= 11 is 0. The maximum Gasteiger partial charge on any atom is 0.165 e. The zero-order chi connectivity index (χ0) is 18.2. The molecule has 0 fully saturated rings. The number of nitrogens with zero attached hydrogens (tertiary/aromatic N) is 1. The molecule has 0 spiro atoms. The Labute approximate surface area is 154 Å². The predicted molar refractivity (Wildman–Crippen MR) is 105 cm³/mol. The van der Waals surface area contributed by atoms with Crippen LogP contribution in [0.3, 0.4) is 0 Å². The van der Waals surface area contributed by atoms with Crippen molar-refractivity contribution in [2.45, 2.75) is 39.2 Å². The number of unbranched alkanes of at least 4 members (excludes halogenated alkanes) is 3. The van der Waals surface area contributed by atoms with Gasteiger partial charge in [0.05, 0.1) is 12.1 Å². The molecule has 2 aromatic carbocycles. The molecular weight excluding hydrogens is 327 g/mol. The molecule has 0 unspecified atom stereocenters. The van der Waals surface area contributed by atoms with Crippen molar-refractivity contribution in [2.24, 2.45) is 0 Å². The Morgan fingerprint density at radius 3 is 2.77 bits per heavy atom. The third kappa shape index (κ3) is 4.72. The quantitative estimate of drug-likeness (QED) is 0.484. The first-order valence-corrected chi connectivity index (χ1v) is 9.27. The number of halogens is 1. The summed E-state index contributed by atoms with van der Waals surface area (Å²) in [7, 11) is 0. The van der Waals surface area contributed by atoms with Crippen LogP contribution in [-0.4, -0.2) is 11.6 Å². The summed E-state index contributed by atoms with van der Waals surface area (Å²) in [5.74, 6) is 0.0268. The van der Waals surface area contributed by atoms with Crippen molar-refractivity contribution in [3.05, 3.63) is 66.1 Å². The van der Waals surface area contributed by atoms with Crippen LogP contribution in [0.4, 0.5) is 10.1 Å². The number of pyridine rings is 1. The number of para-hydroxylation sites is 1. The van der Waals surface area contributed by atoms with Crippen molar-refractivity contribution in [2.75, 3.05) is 11.9 Å². The van der Waals surface area contributed by atoms with Crippen molar-refractivity contribution >= 4 is 16.6 Å². The normalized spacial score (nSPS) is 10.8. The van der Waals surface area contributed by atoms with Gasteiger partial charge in [-0.2, -0.15) is 0 Å². The van der Waals surface area contributed by atoms with E-state index in [2.05, 4.69) is 17.2 Å². The summed E-state index contributed by atoms with van der Waals surface area (Å²) < 4.78 is 19.8. The molecule has 4 heteroatoms. The maximum absolute atomic E-state index is 14.2. The molecule has 136 valence electrons. The highest BCUT2D eigenvalue weighted by molar-refractivity contribution is 5.90. The summed E-state index contributed by atoms with van der Waals surface area (Å²) in [5, 5.41) is 4.43. The van der Waals surface area contributed by atoms with Crippen LogP contribution in [0, 0.1) is 5.82 Å². The van der Waals surface area contributed by atoms with E-state index in [0.29, 0.717) is 18.9 Å². The molecule has 1 N–H and O–H groups in total. The first-order chi connectivity index (χ1) is 12.8. The molecule has 0 amide bonds. The minimum Gasteiger partial charge on any atom is -0.491 e. The summed E-state index contributed by atoms with van der Waals surface area (Å²) in [5.41, 5.74) is 2.81. The number of aromatic nitrogens is 1. The van der Waals surface area contributed by atoms with Crippen molar-refractivity contribution in [1.29, 1.82) is 0 Å². The van der Waals surface area contributed by atoms with Crippen LogP contribution in [0.25, 0.3) is 10.9 Å². The van der Waals surface area contributed by atoms with Crippen molar-refractivity contribution in [3.63, 3.8) is 0 Å². The van der Waals surface area contributed by atoms with Gasteiger partial charge >= 0.3 is 0 Å². The number of hydrogen-bond acceptors (Lipinski definition) is 3. The molecule has 1 aromatic heterocycles. The first-order valence-electron chi connectivity index (χ1n) is 9.27. The van der Waals surface area contributed by atoms with Crippen LogP contribution in [0.15, 0.2) is 54.7 Å². The Morgan fingerprint density at radius 2 is 1.92 bits per heavy atom. The van der Waals surface area contributed by atoms with E-state index in [1.54, 1.807) is 12.3 Å². The monoisotopic (exact) mass is 352 g/mol. The summed E-state index contributed by atoms with van der Waals surface area (Å²) in [6, 6.07) is 15.1. The molecular formula is C22H25FN2O. The molecule has 3 nitrogen and oxygen atoms in total. The zero-order valence-electron chi connectivity index (χ0n) is 15.2. The number of ether oxygens (including phenoxy) is 1. The number of hydrogen-bond donors (Lipinski definition) is 1. The standard InChI is InChI=1S/C22H25FN2O/c1-2-3-4-7-14-26-22-11-10-17(15-19(22)23)16-25-21-12-13-24-20-9-6-5-8-18(20)21/h5-6,8-13,15H,2-4,7,14,16H2,1H3,(H,24,25). The van der Waals surface area contributed by atoms with Gasteiger partial charge in [-0.1, -0.05) is 50.5 Å². The summed E-state index contributed by atoms with van der Waals surface area (Å²) in [6.45, 7) is 3.28. The van der Waals surface area contributed by atoms with Gasteiger partial charge in [0.25, 0.3) is 0 Å². The lowest BCUT2D eigenvalue weighted by Crippen LogP contribution is -2.03. The highest BCUT2D eigenvalue weighted by Crippen LogP contribution is 2.23. The molecule has 26 heavy (non-hydrogen) atoms. The highest BCUT2D eigenvalue weighted by atomic mass is 19.1. The number of rotatable bonds is 9. The van der Waals surface area contributed by atoms with E-state index in [9.17, 15) is 4.39 Å². The minimum absolute atomic E-state index is 0.306. The average molecular weight is 352 g/mol. The molecule has 0 atom stereocenters. The second kappa shape index (κ2) is 9.18. The minimum atomic E-state index is -0.306. The van der Waals surface area contributed by atoms with E-state index in [-0.39, 0.29) is 5.82 Å². The fourth-order valence-electron chi connectivity index (χ4n) is 2.93. The Morgan fingerprint density at radius 1 is 1.04 bits per heavy atom. The van der Waals surface area contributed by atoms with Crippen LogP contribution < -0.4 is 10.1 Å². The third-order valence-electron chi connectivity index (χ3n) is 4.38. The second-order valence-corrected chi connectivity index (χ2v) is 6.40. The van der Waals surface area contributed by atoms with E-state index >= 15 is 0 Å². The maximum atomic E-state index is 14.2. The van der Waals surface area contributed by atoms with Crippen LogP contribution in [0.5, 0.6) is 5.75 Å². The lowest BCUT2D eigenvalue weighted by molar-refractivity contribution is 0.290. The summed E-state index contributed by atoms with van der Waals surface area (Å²) in [6.07, 6.45) is 6.25. The lowest BCUT2D eigenvalue weighted by Gasteiger charge is -2.11. The van der Waals surface area contributed by atoms with Crippen LogP contribution >= 0.6 is 0 Å². The van der Waals surface area contributed by atoms with E-state index in [1.807, 2.05) is 36.4 Å². The van der Waals surface area contributed by atoms with Gasteiger partial charge in [0, 0.05) is 23.8 Å². The number of nitrogens with one attached hydrogen (secondary N) is 1. The van der Waals surface area contributed by atoms with E-state index in [1.165, 1.54) is 18.9 Å². The Balaban J connectivity index is 1.59. The van der Waals surface area contributed by atoms with E-state index in [4.69, 9.17) is 4.74 Å². The van der Waals surface area contributed by atoms with Crippen LogP contribution in [0.1, 0.15) is 38.2 Å². The van der Waals surface area contributed by atoms with Crippen molar-refractivity contribution in [1.82, 2.24) is 4.98 Å². The topological polar surface area (TPSA) is 34.1 Å². The molecule has 0 aliphatic heterocycles. The lowest BCUT2D eigenvalue weighted by atomic mass is 10.1. The fourth-order valence-corrected chi connectivity index (χ4v) is 2.93. The molecule has 0 aliphatic carbocycles. The summed E-state index contributed by atoms with van der Waals surface area (Å²) in [4.78, 5) is 4.35. The van der Waals surface area contributed by atoms with Crippen LogP contribution in [0.2, 0.25) is 0 Å². The Bertz CT molecular complexity index is 845. The van der Waals surface area contributed by atoms with Crippen LogP contribution in [-0.2, 0) is 6.54 Å². The van der Waals surface area contributed by atoms with Gasteiger partial charge in [-0.05, 0) is 36.2 Å².